The van der Waals surface area contributed by atoms with Gasteiger partial charge in [0.25, 0.3) is 0 Å². The van der Waals surface area contributed by atoms with E-state index in [1.165, 1.54) is 19.3 Å². The first-order valence-electron chi connectivity index (χ1n) is 10.6. The molecule has 28 heavy (non-hydrogen) atoms. The largest absolute Gasteiger partial charge is 0.458 e. The number of fused-ring (bicyclic) bond motifs is 1. The number of esters is 1. The summed E-state index contributed by atoms with van der Waals surface area (Å²) in [6.07, 6.45) is 14.6. The summed E-state index contributed by atoms with van der Waals surface area (Å²) in [4.78, 5) is 17.0. The molecule has 1 aromatic heterocycles. The van der Waals surface area contributed by atoms with Crippen molar-refractivity contribution in [2.75, 3.05) is 0 Å². The standard InChI is InChI=1S/C23H33NO3S/c1-16-9-7-5-4-6-8-10-20-22(26-20)14-21(27-23(25)12-11-16)17(2)13-19-15-28-18(3)24-19/h6,8,13,15-16,20-22H,4-5,7,9-12,14H2,1-3H3/b8-6-,17-13+. The number of aryl methyl sites for hydroxylation is 1. The van der Waals surface area contributed by atoms with Gasteiger partial charge in [0, 0.05) is 18.2 Å². The molecule has 1 saturated heterocycles. The lowest BCUT2D eigenvalue weighted by Gasteiger charge is -2.19. The smallest absolute Gasteiger partial charge is 0.306 e. The number of epoxide rings is 1. The van der Waals surface area contributed by atoms with Crippen molar-refractivity contribution in [1.82, 2.24) is 4.98 Å². The third-order valence-electron chi connectivity index (χ3n) is 5.62. The molecule has 4 unspecified atom stereocenters. The molecule has 0 aromatic carbocycles. The molecule has 0 spiro atoms. The van der Waals surface area contributed by atoms with E-state index in [1.807, 2.05) is 25.3 Å². The van der Waals surface area contributed by atoms with Gasteiger partial charge in [-0.25, -0.2) is 4.98 Å². The van der Waals surface area contributed by atoms with Crippen LogP contribution in [0.4, 0.5) is 0 Å². The molecule has 0 N–H and O–H groups in total. The predicted molar refractivity (Wildman–Crippen MR) is 114 cm³/mol. The second kappa shape index (κ2) is 10.4. The second-order valence-corrected chi connectivity index (χ2v) is 9.30. The van der Waals surface area contributed by atoms with E-state index in [0.717, 1.165) is 42.0 Å². The van der Waals surface area contributed by atoms with E-state index in [2.05, 4.69) is 24.1 Å². The number of hydrogen-bond donors (Lipinski definition) is 0. The fourth-order valence-electron chi connectivity index (χ4n) is 3.73. The highest BCUT2D eigenvalue weighted by Crippen LogP contribution is 2.33. The maximum absolute atomic E-state index is 12.5. The maximum atomic E-state index is 12.5. The third-order valence-corrected chi connectivity index (χ3v) is 6.41. The third kappa shape index (κ3) is 6.85. The van der Waals surface area contributed by atoms with Gasteiger partial charge in [-0.3, -0.25) is 4.79 Å². The number of thiazole rings is 1. The van der Waals surface area contributed by atoms with Gasteiger partial charge in [-0.05, 0) is 57.1 Å². The van der Waals surface area contributed by atoms with E-state index < -0.39 is 0 Å². The topological polar surface area (TPSA) is 51.7 Å². The summed E-state index contributed by atoms with van der Waals surface area (Å²) in [7, 11) is 0. The molecule has 1 fully saturated rings. The zero-order valence-corrected chi connectivity index (χ0v) is 18.2. The van der Waals surface area contributed by atoms with Crippen LogP contribution >= 0.6 is 11.3 Å². The predicted octanol–water partition coefficient (Wildman–Crippen LogP) is 5.86. The quantitative estimate of drug-likeness (QED) is 0.352. The van der Waals surface area contributed by atoms with Crippen LogP contribution < -0.4 is 0 Å². The molecule has 3 rings (SSSR count). The second-order valence-electron chi connectivity index (χ2n) is 8.24. The van der Waals surface area contributed by atoms with Gasteiger partial charge in [-0.2, -0.15) is 0 Å². The number of hydrogen-bond acceptors (Lipinski definition) is 5. The van der Waals surface area contributed by atoms with Crippen LogP contribution in [0.15, 0.2) is 23.1 Å². The minimum atomic E-state index is -0.239. The Bertz CT molecular complexity index is 708. The number of aromatic nitrogens is 1. The molecule has 5 heteroatoms. The van der Waals surface area contributed by atoms with E-state index >= 15 is 0 Å². The molecule has 4 atom stereocenters. The molecular weight excluding hydrogens is 370 g/mol. The van der Waals surface area contributed by atoms with Crippen LogP contribution in [0.1, 0.15) is 75.9 Å². The van der Waals surface area contributed by atoms with E-state index in [1.54, 1.807) is 11.3 Å². The molecule has 2 aliphatic rings. The monoisotopic (exact) mass is 403 g/mol. The van der Waals surface area contributed by atoms with Gasteiger partial charge >= 0.3 is 5.97 Å². The molecule has 154 valence electrons. The normalized spacial score (nSPS) is 31.7. The molecule has 0 aliphatic carbocycles. The number of carbonyl (C=O) groups is 1. The number of allylic oxidation sites excluding steroid dienone is 1. The zero-order chi connectivity index (χ0) is 19.9. The molecule has 4 nitrogen and oxygen atoms in total. The van der Waals surface area contributed by atoms with Gasteiger partial charge in [-0.1, -0.05) is 31.9 Å². The van der Waals surface area contributed by atoms with Crippen LogP contribution in [0.5, 0.6) is 0 Å². The van der Waals surface area contributed by atoms with Gasteiger partial charge in [0.1, 0.15) is 6.10 Å². The lowest BCUT2D eigenvalue weighted by atomic mass is 9.97. The van der Waals surface area contributed by atoms with Gasteiger partial charge in [0.2, 0.25) is 0 Å². The Kier molecular flexibility index (Phi) is 7.86. The highest BCUT2D eigenvalue weighted by atomic mass is 32.1. The molecule has 3 heterocycles. The Morgan fingerprint density at radius 1 is 1.25 bits per heavy atom. The van der Waals surface area contributed by atoms with Crippen LogP contribution in [-0.2, 0) is 14.3 Å². The molecular formula is C23H33NO3S. The highest BCUT2D eigenvalue weighted by Gasteiger charge is 2.40. The van der Waals surface area contributed by atoms with Crippen molar-refractivity contribution in [3.8, 4) is 0 Å². The lowest BCUT2D eigenvalue weighted by molar-refractivity contribution is -0.148. The zero-order valence-electron chi connectivity index (χ0n) is 17.4. The minimum Gasteiger partial charge on any atom is -0.458 e. The van der Waals surface area contributed by atoms with Crippen LogP contribution in [0, 0.1) is 12.8 Å². The Balaban J connectivity index is 1.68. The van der Waals surface area contributed by atoms with Crippen molar-refractivity contribution in [2.45, 2.75) is 90.4 Å². The van der Waals surface area contributed by atoms with Crippen molar-refractivity contribution in [1.29, 1.82) is 0 Å². The summed E-state index contributed by atoms with van der Waals surface area (Å²) in [5, 5.41) is 3.08. The minimum absolute atomic E-state index is 0.0942. The van der Waals surface area contributed by atoms with Crippen LogP contribution in [0.2, 0.25) is 0 Å². The molecule has 1 aromatic rings. The highest BCUT2D eigenvalue weighted by molar-refractivity contribution is 7.09. The van der Waals surface area contributed by atoms with E-state index in [9.17, 15) is 4.79 Å². The molecule has 0 radical (unpaired) electrons. The number of cyclic esters (lactones) is 1. The first-order chi connectivity index (χ1) is 13.5. The summed E-state index contributed by atoms with van der Waals surface area (Å²) in [5.74, 6) is 0.469. The Hall–Kier alpha value is -1.46. The molecule has 2 aliphatic heterocycles. The summed E-state index contributed by atoms with van der Waals surface area (Å²) in [5.41, 5.74) is 1.98. The Morgan fingerprint density at radius 2 is 2.11 bits per heavy atom. The van der Waals surface area contributed by atoms with Gasteiger partial charge in [-0.15, -0.1) is 11.3 Å². The number of rotatable bonds is 2. The van der Waals surface area contributed by atoms with Crippen molar-refractivity contribution in [3.05, 3.63) is 33.8 Å². The Labute approximate surface area is 173 Å². The first kappa shape index (κ1) is 21.3. The van der Waals surface area contributed by atoms with Crippen molar-refractivity contribution < 1.29 is 14.3 Å². The maximum Gasteiger partial charge on any atom is 0.306 e. The van der Waals surface area contributed by atoms with Crippen molar-refractivity contribution in [3.63, 3.8) is 0 Å². The fourth-order valence-corrected chi connectivity index (χ4v) is 4.30. The van der Waals surface area contributed by atoms with E-state index in [-0.39, 0.29) is 24.3 Å². The fraction of sp³-hybridized carbons (Fsp3) is 0.652. The van der Waals surface area contributed by atoms with Crippen LogP contribution in [0.25, 0.3) is 6.08 Å². The van der Waals surface area contributed by atoms with Crippen LogP contribution in [-0.4, -0.2) is 29.3 Å². The Morgan fingerprint density at radius 3 is 2.89 bits per heavy atom. The SMILES string of the molecule is C/C(=C\c1csc(C)n1)C1CC2OC2C/C=C\CCCCC(C)CCC(=O)O1. The number of ether oxygens (including phenoxy) is 2. The van der Waals surface area contributed by atoms with Gasteiger partial charge in [0.15, 0.2) is 0 Å². The van der Waals surface area contributed by atoms with E-state index in [0.29, 0.717) is 12.3 Å². The first-order valence-corrected chi connectivity index (χ1v) is 11.5. The van der Waals surface area contributed by atoms with E-state index in [4.69, 9.17) is 9.47 Å². The van der Waals surface area contributed by atoms with Crippen molar-refractivity contribution in [2.24, 2.45) is 5.92 Å². The summed E-state index contributed by atoms with van der Waals surface area (Å²) >= 11 is 1.63. The lowest BCUT2D eigenvalue weighted by Crippen LogP contribution is -2.22. The number of nitrogens with zero attached hydrogens (tertiary/aromatic N) is 1. The summed E-state index contributed by atoms with van der Waals surface area (Å²) in [6.45, 7) is 6.27. The molecule has 0 amide bonds. The van der Waals surface area contributed by atoms with Gasteiger partial charge in [0.05, 0.1) is 22.9 Å². The average molecular weight is 404 g/mol. The number of carbonyl (C=O) groups excluding carboxylic acids is 1. The van der Waals surface area contributed by atoms with Gasteiger partial charge < -0.3 is 9.47 Å². The summed E-state index contributed by atoms with van der Waals surface area (Å²) in [6, 6.07) is 0. The molecule has 0 bridgehead atoms. The van der Waals surface area contributed by atoms with Crippen LogP contribution in [0.3, 0.4) is 0 Å². The summed E-state index contributed by atoms with van der Waals surface area (Å²) < 4.78 is 11.8. The molecule has 0 saturated carbocycles. The average Bonchev–Trinajstić information content (AvgIpc) is 3.27. The van der Waals surface area contributed by atoms with Crippen molar-refractivity contribution >= 4 is 23.4 Å².